The van der Waals surface area contributed by atoms with E-state index in [1.54, 1.807) is 13.4 Å². The van der Waals surface area contributed by atoms with E-state index in [1.165, 1.54) is 5.56 Å². The Morgan fingerprint density at radius 3 is 2.54 bits per heavy atom. The summed E-state index contributed by atoms with van der Waals surface area (Å²) in [4.78, 5) is 8.55. The van der Waals surface area contributed by atoms with Crippen LogP contribution < -0.4 is 15.4 Å². The molecule has 0 aliphatic heterocycles. The zero-order valence-corrected chi connectivity index (χ0v) is 13.8. The fraction of sp³-hybridized carbons (Fsp3) is 0.158. The third kappa shape index (κ3) is 3.81. The molecule has 0 atom stereocenters. The van der Waals surface area contributed by atoms with Crippen LogP contribution in [0.15, 0.2) is 60.9 Å². The lowest BCUT2D eigenvalue weighted by Crippen LogP contribution is -2.04. The second kappa shape index (κ2) is 7.46. The SMILES string of the molecule is COc1ccccc1CNc1cc(Nc2ccccc2C)ncn1. The summed E-state index contributed by atoms with van der Waals surface area (Å²) in [5, 5.41) is 6.62. The molecule has 122 valence electrons. The number of benzene rings is 2. The van der Waals surface area contributed by atoms with Gasteiger partial charge in [0.2, 0.25) is 0 Å². The van der Waals surface area contributed by atoms with Crippen molar-refractivity contribution < 1.29 is 4.74 Å². The van der Waals surface area contributed by atoms with Gasteiger partial charge in [0.05, 0.1) is 7.11 Å². The molecular weight excluding hydrogens is 300 g/mol. The summed E-state index contributed by atoms with van der Waals surface area (Å²) in [5.74, 6) is 2.37. The Morgan fingerprint density at radius 2 is 1.71 bits per heavy atom. The fourth-order valence-electron chi connectivity index (χ4n) is 2.41. The first-order valence-corrected chi connectivity index (χ1v) is 7.77. The molecule has 5 nitrogen and oxygen atoms in total. The summed E-state index contributed by atoms with van der Waals surface area (Å²) in [7, 11) is 1.67. The summed E-state index contributed by atoms with van der Waals surface area (Å²) < 4.78 is 5.36. The predicted octanol–water partition coefficient (Wildman–Crippen LogP) is 4.15. The standard InChI is InChI=1S/C19H20N4O/c1-14-7-3-5-9-16(14)23-19-11-18(21-13-22-19)20-12-15-8-4-6-10-17(15)24-2/h3-11,13H,12H2,1-2H3,(H2,20,21,22,23). The van der Waals surface area contributed by atoms with Gasteiger partial charge in [-0.15, -0.1) is 0 Å². The van der Waals surface area contributed by atoms with Gasteiger partial charge in [-0.05, 0) is 24.6 Å². The molecule has 0 spiro atoms. The van der Waals surface area contributed by atoms with Crippen molar-refractivity contribution in [2.45, 2.75) is 13.5 Å². The number of aromatic nitrogens is 2. The number of aryl methyl sites for hydroxylation is 1. The van der Waals surface area contributed by atoms with Crippen molar-refractivity contribution in [3.63, 3.8) is 0 Å². The molecule has 24 heavy (non-hydrogen) atoms. The highest BCUT2D eigenvalue weighted by atomic mass is 16.5. The number of hydrogen-bond acceptors (Lipinski definition) is 5. The second-order valence-corrected chi connectivity index (χ2v) is 5.39. The monoisotopic (exact) mass is 320 g/mol. The maximum Gasteiger partial charge on any atom is 0.135 e. The highest BCUT2D eigenvalue weighted by Gasteiger charge is 2.04. The first-order chi connectivity index (χ1) is 11.8. The lowest BCUT2D eigenvalue weighted by atomic mass is 10.2. The van der Waals surface area contributed by atoms with Gasteiger partial charge < -0.3 is 15.4 Å². The molecule has 5 heteroatoms. The van der Waals surface area contributed by atoms with Crippen LogP contribution in [0.2, 0.25) is 0 Å². The summed E-state index contributed by atoms with van der Waals surface area (Å²) in [5.41, 5.74) is 3.28. The van der Waals surface area contributed by atoms with E-state index in [1.807, 2.05) is 48.5 Å². The predicted molar refractivity (Wildman–Crippen MR) is 96.8 cm³/mol. The Balaban J connectivity index is 1.70. The van der Waals surface area contributed by atoms with E-state index in [2.05, 4.69) is 33.6 Å². The average Bonchev–Trinajstić information content (AvgIpc) is 2.62. The summed E-state index contributed by atoms with van der Waals surface area (Å²) in [6, 6.07) is 17.9. The Kier molecular flexibility index (Phi) is 4.91. The van der Waals surface area contributed by atoms with Crippen LogP contribution in [0.1, 0.15) is 11.1 Å². The second-order valence-electron chi connectivity index (χ2n) is 5.39. The van der Waals surface area contributed by atoms with Gasteiger partial charge in [0.25, 0.3) is 0 Å². The van der Waals surface area contributed by atoms with E-state index in [4.69, 9.17) is 4.74 Å². The minimum absolute atomic E-state index is 0.630. The fourth-order valence-corrected chi connectivity index (χ4v) is 2.41. The largest absolute Gasteiger partial charge is 0.496 e. The van der Waals surface area contributed by atoms with Gasteiger partial charge in [0.1, 0.15) is 23.7 Å². The molecule has 0 unspecified atom stereocenters. The first-order valence-electron chi connectivity index (χ1n) is 7.77. The minimum Gasteiger partial charge on any atom is -0.496 e. The van der Waals surface area contributed by atoms with Crippen molar-refractivity contribution in [1.82, 2.24) is 9.97 Å². The van der Waals surface area contributed by atoms with Crippen LogP contribution in [0.5, 0.6) is 5.75 Å². The zero-order chi connectivity index (χ0) is 16.8. The molecule has 0 radical (unpaired) electrons. The third-order valence-corrected chi connectivity index (χ3v) is 3.73. The summed E-state index contributed by atoms with van der Waals surface area (Å²) in [6.07, 6.45) is 1.55. The number of para-hydroxylation sites is 2. The van der Waals surface area contributed by atoms with E-state index < -0.39 is 0 Å². The van der Waals surface area contributed by atoms with Gasteiger partial charge in [-0.3, -0.25) is 0 Å². The Hall–Kier alpha value is -3.08. The quantitative estimate of drug-likeness (QED) is 0.714. The summed E-state index contributed by atoms with van der Waals surface area (Å²) >= 11 is 0. The third-order valence-electron chi connectivity index (χ3n) is 3.73. The van der Waals surface area contributed by atoms with E-state index in [0.717, 1.165) is 28.6 Å². The van der Waals surface area contributed by atoms with Gasteiger partial charge in [0.15, 0.2) is 0 Å². The zero-order valence-electron chi connectivity index (χ0n) is 13.8. The lowest BCUT2D eigenvalue weighted by Gasteiger charge is -2.11. The van der Waals surface area contributed by atoms with Gasteiger partial charge in [-0.2, -0.15) is 0 Å². The highest BCUT2D eigenvalue weighted by molar-refractivity contribution is 5.62. The first kappa shape index (κ1) is 15.8. The van der Waals surface area contributed by atoms with Crippen LogP contribution in [-0.4, -0.2) is 17.1 Å². The van der Waals surface area contributed by atoms with E-state index >= 15 is 0 Å². The average molecular weight is 320 g/mol. The van der Waals surface area contributed by atoms with E-state index in [9.17, 15) is 0 Å². The van der Waals surface area contributed by atoms with Gasteiger partial charge in [-0.1, -0.05) is 36.4 Å². The number of methoxy groups -OCH3 is 1. The van der Waals surface area contributed by atoms with E-state index in [-0.39, 0.29) is 0 Å². The number of rotatable bonds is 6. The minimum atomic E-state index is 0.630. The molecule has 0 fully saturated rings. The van der Waals surface area contributed by atoms with Crippen LogP contribution >= 0.6 is 0 Å². The molecule has 1 heterocycles. The van der Waals surface area contributed by atoms with Gasteiger partial charge >= 0.3 is 0 Å². The number of nitrogens with one attached hydrogen (secondary N) is 2. The van der Waals surface area contributed by atoms with Crippen molar-refractivity contribution in [2.75, 3.05) is 17.7 Å². The van der Waals surface area contributed by atoms with Crippen LogP contribution in [0.4, 0.5) is 17.3 Å². The molecule has 0 saturated carbocycles. The molecule has 2 aromatic carbocycles. The van der Waals surface area contributed by atoms with Crippen molar-refractivity contribution in [3.05, 3.63) is 72.1 Å². The Labute approximate surface area is 141 Å². The molecule has 0 amide bonds. The number of hydrogen-bond donors (Lipinski definition) is 2. The smallest absolute Gasteiger partial charge is 0.135 e. The Morgan fingerprint density at radius 1 is 0.958 bits per heavy atom. The number of anilines is 3. The van der Waals surface area contributed by atoms with Crippen LogP contribution in [-0.2, 0) is 6.54 Å². The topological polar surface area (TPSA) is 59.1 Å². The maximum absolute atomic E-state index is 5.36. The number of nitrogens with zero attached hydrogens (tertiary/aromatic N) is 2. The van der Waals surface area contributed by atoms with Crippen molar-refractivity contribution in [2.24, 2.45) is 0 Å². The van der Waals surface area contributed by atoms with Crippen LogP contribution in [0.3, 0.4) is 0 Å². The maximum atomic E-state index is 5.36. The molecule has 1 aromatic heterocycles. The van der Waals surface area contributed by atoms with Crippen molar-refractivity contribution in [1.29, 1.82) is 0 Å². The van der Waals surface area contributed by atoms with Gasteiger partial charge in [-0.25, -0.2) is 9.97 Å². The van der Waals surface area contributed by atoms with E-state index in [0.29, 0.717) is 6.54 Å². The van der Waals surface area contributed by atoms with Crippen molar-refractivity contribution >= 4 is 17.3 Å². The Bertz CT molecular complexity index is 820. The van der Waals surface area contributed by atoms with Crippen LogP contribution in [0.25, 0.3) is 0 Å². The molecule has 2 N–H and O–H groups in total. The normalized spacial score (nSPS) is 10.2. The molecule has 3 rings (SSSR count). The molecule has 0 bridgehead atoms. The molecule has 0 aliphatic rings. The van der Waals surface area contributed by atoms with Crippen LogP contribution in [0, 0.1) is 6.92 Å². The highest BCUT2D eigenvalue weighted by Crippen LogP contribution is 2.21. The molecule has 0 saturated heterocycles. The number of ether oxygens (including phenoxy) is 1. The summed E-state index contributed by atoms with van der Waals surface area (Å²) in [6.45, 7) is 2.69. The van der Waals surface area contributed by atoms with Gasteiger partial charge in [0, 0.05) is 23.9 Å². The molecule has 0 aliphatic carbocycles. The van der Waals surface area contributed by atoms with Crippen molar-refractivity contribution in [3.8, 4) is 5.75 Å². The molecule has 3 aromatic rings. The molecular formula is C19H20N4O. The lowest BCUT2D eigenvalue weighted by molar-refractivity contribution is 0.410.